The van der Waals surface area contributed by atoms with Crippen LogP contribution in [0.5, 0.6) is 0 Å². The number of hydrogen-bond acceptors (Lipinski definition) is 3. The summed E-state index contributed by atoms with van der Waals surface area (Å²) in [7, 11) is 0. The molecule has 0 aliphatic carbocycles. The standard InChI is InChI=1S/C7H11NO3/c9-6-1-2-8-5(3-6)4-11-7(8)10/h5-6,9H,1-4H2. The molecule has 0 bridgehead atoms. The number of piperidine rings is 1. The van der Waals surface area contributed by atoms with E-state index in [1.807, 2.05) is 0 Å². The molecule has 1 amide bonds. The van der Waals surface area contributed by atoms with Gasteiger partial charge < -0.3 is 14.7 Å². The number of hydrogen-bond donors (Lipinski definition) is 1. The molecule has 0 aromatic heterocycles. The van der Waals surface area contributed by atoms with Gasteiger partial charge in [0.05, 0.1) is 12.1 Å². The van der Waals surface area contributed by atoms with Crippen LogP contribution < -0.4 is 0 Å². The molecule has 2 heterocycles. The Balaban J connectivity index is 2.06. The highest BCUT2D eigenvalue weighted by Crippen LogP contribution is 2.23. The Bertz CT molecular complexity index is 183. The summed E-state index contributed by atoms with van der Waals surface area (Å²) in [4.78, 5) is 12.6. The zero-order valence-corrected chi connectivity index (χ0v) is 6.19. The summed E-state index contributed by atoms with van der Waals surface area (Å²) in [6.07, 6.45) is 0.893. The average Bonchev–Trinajstić information content (AvgIpc) is 2.32. The summed E-state index contributed by atoms with van der Waals surface area (Å²) >= 11 is 0. The van der Waals surface area contributed by atoms with Crippen molar-refractivity contribution in [3.63, 3.8) is 0 Å². The van der Waals surface area contributed by atoms with Gasteiger partial charge in [0.2, 0.25) is 0 Å². The molecule has 4 nitrogen and oxygen atoms in total. The topological polar surface area (TPSA) is 49.8 Å². The number of carbonyl (C=O) groups is 1. The number of ether oxygens (including phenoxy) is 1. The van der Waals surface area contributed by atoms with Gasteiger partial charge in [-0.05, 0) is 12.8 Å². The molecule has 62 valence electrons. The van der Waals surface area contributed by atoms with Crippen LogP contribution >= 0.6 is 0 Å². The van der Waals surface area contributed by atoms with Gasteiger partial charge in [0.1, 0.15) is 6.61 Å². The van der Waals surface area contributed by atoms with E-state index in [2.05, 4.69) is 0 Å². The van der Waals surface area contributed by atoms with Crippen molar-refractivity contribution < 1.29 is 14.6 Å². The van der Waals surface area contributed by atoms with Crippen molar-refractivity contribution in [1.82, 2.24) is 4.90 Å². The van der Waals surface area contributed by atoms with Crippen LogP contribution in [-0.4, -0.2) is 41.4 Å². The largest absolute Gasteiger partial charge is 0.447 e. The Morgan fingerprint density at radius 3 is 3.27 bits per heavy atom. The summed E-state index contributed by atoms with van der Waals surface area (Å²) in [5.74, 6) is 0. The fourth-order valence-electron chi connectivity index (χ4n) is 1.68. The number of amides is 1. The van der Waals surface area contributed by atoms with E-state index in [0.29, 0.717) is 26.0 Å². The van der Waals surface area contributed by atoms with Crippen LogP contribution in [-0.2, 0) is 4.74 Å². The Kier molecular flexibility index (Phi) is 1.49. The maximum atomic E-state index is 10.9. The van der Waals surface area contributed by atoms with Gasteiger partial charge in [0.15, 0.2) is 0 Å². The predicted octanol–water partition coefficient (Wildman–Crippen LogP) is -0.0381. The highest BCUT2D eigenvalue weighted by Gasteiger charge is 2.37. The van der Waals surface area contributed by atoms with E-state index in [0.717, 1.165) is 0 Å². The molecule has 2 fully saturated rings. The van der Waals surface area contributed by atoms with E-state index in [-0.39, 0.29) is 18.2 Å². The molecule has 2 unspecified atom stereocenters. The minimum Gasteiger partial charge on any atom is -0.447 e. The van der Waals surface area contributed by atoms with E-state index >= 15 is 0 Å². The molecule has 2 atom stereocenters. The lowest BCUT2D eigenvalue weighted by Gasteiger charge is -2.29. The summed E-state index contributed by atoms with van der Waals surface area (Å²) in [5.41, 5.74) is 0. The second-order valence-corrected chi connectivity index (χ2v) is 3.10. The molecular weight excluding hydrogens is 146 g/mol. The Labute approximate surface area is 64.7 Å². The maximum Gasteiger partial charge on any atom is 0.410 e. The van der Waals surface area contributed by atoms with E-state index in [9.17, 15) is 9.90 Å². The number of fused-ring (bicyclic) bond motifs is 1. The molecule has 2 saturated heterocycles. The van der Waals surface area contributed by atoms with Crippen molar-refractivity contribution in [3.8, 4) is 0 Å². The van der Waals surface area contributed by atoms with Crippen molar-refractivity contribution in [1.29, 1.82) is 0 Å². The lowest BCUT2D eigenvalue weighted by Crippen LogP contribution is -2.42. The first kappa shape index (κ1) is 6.91. The van der Waals surface area contributed by atoms with Gasteiger partial charge in [-0.25, -0.2) is 4.79 Å². The second kappa shape index (κ2) is 2.37. The van der Waals surface area contributed by atoms with Crippen LogP contribution in [0.1, 0.15) is 12.8 Å². The molecule has 0 aromatic rings. The summed E-state index contributed by atoms with van der Waals surface area (Å²) in [6.45, 7) is 1.10. The van der Waals surface area contributed by atoms with Gasteiger partial charge in [0, 0.05) is 6.54 Å². The third-order valence-electron chi connectivity index (χ3n) is 2.32. The molecule has 2 aliphatic rings. The average molecular weight is 157 g/mol. The SMILES string of the molecule is O=C1OCC2CC(O)CCN12. The monoisotopic (exact) mass is 157 g/mol. The number of nitrogens with zero attached hydrogens (tertiary/aromatic N) is 1. The minimum absolute atomic E-state index is 0.131. The predicted molar refractivity (Wildman–Crippen MR) is 37.1 cm³/mol. The van der Waals surface area contributed by atoms with Gasteiger partial charge >= 0.3 is 6.09 Å². The van der Waals surface area contributed by atoms with E-state index in [4.69, 9.17) is 4.74 Å². The Morgan fingerprint density at radius 1 is 1.64 bits per heavy atom. The highest BCUT2D eigenvalue weighted by molar-refractivity contribution is 5.70. The fourth-order valence-corrected chi connectivity index (χ4v) is 1.68. The lowest BCUT2D eigenvalue weighted by molar-refractivity contribution is 0.0765. The lowest BCUT2D eigenvalue weighted by atomic mass is 10.0. The van der Waals surface area contributed by atoms with Crippen LogP contribution in [0.15, 0.2) is 0 Å². The van der Waals surface area contributed by atoms with Gasteiger partial charge in [-0.15, -0.1) is 0 Å². The number of aliphatic hydroxyl groups is 1. The zero-order chi connectivity index (χ0) is 7.84. The van der Waals surface area contributed by atoms with Crippen LogP contribution in [0.4, 0.5) is 4.79 Å². The van der Waals surface area contributed by atoms with Gasteiger partial charge in [-0.1, -0.05) is 0 Å². The Morgan fingerprint density at radius 2 is 2.45 bits per heavy atom. The third kappa shape index (κ3) is 1.07. The second-order valence-electron chi connectivity index (χ2n) is 3.10. The number of aliphatic hydroxyl groups excluding tert-OH is 1. The summed E-state index contributed by atoms with van der Waals surface area (Å²) < 4.78 is 4.82. The minimum atomic E-state index is -0.245. The maximum absolute atomic E-state index is 10.9. The molecule has 0 saturated carbocycles. The van der Waals surface area contributed by atoms with Gasteiger partial charge in [-0.3, -0.25) is 0 Å². The van der Waals surface area contributed by atoms with Crippen molar-refractivity contribution in [3.05, 3.63) is 0 Å². The van der Waals surface area contributed by atoms with Crippen molar-refractivity contribution in [2.75, 3.05) is 13.2 Å². The molecular formula is C7H11NO3. The fraction of sp³-hybridized carbons (Fsp3) is 0.857. The number of rotatable bonds is 0. The Hall–Kier alpha value is -0.770. The molecule has 0 aromatic carbocycles. The van der Waals surface area contributed by atoms with Crippen molar-refractivity contribution in [2.45, 2.75) is 25.0 Å². The van der Waals surface area contributed by atoms with Gasteiger partial charge in [-0.2, -0.15) is 0 Å². The highest BCUT2D eigenvalue weighted by atomic mass is 16.6. The first-order valence-electron chi connectivity index (χ1n) is 3.89. The van der Waals surface area contributed by atoms with Crippen LogP contribution in [0.2, 0.25) is 0 Å². The normalized spacial score (nSPS) is 36.8. The van der Waals surface area contributed by atoms with Crippen molar-refractivity contribution >= 4 is 6.09 Å². The molecule has 0 spiro atoms. The van der Waals surface area contributed by atoms with E-state index in [1.165, 1.54) is 0 Å². The molecule has 0 radical (unpaired) electrons. The van der Waals surface area contributed by atoms with E-state index in [1.54, 1.807) is 4.90 Å². The molecule has 4 heteroatoms. The number of cyclic esters (lactones) is 1. The first-order chi connectivity index (χ1) is 5.27. The molecule has 1 N–H and O–H groups in total. The first-order valence-corrected chi connectivity index (χ1v) is 3.89. The third-order valence-corrected chi connectivity index (χ3v) is 2.32. The molecule has 11 heavy (non-hydrogen) atoms. The quantitative estimate of drug-likeness (QED) is 0.537. The van der Waals surface area contributed by atoms with Crippen LogP contribution in [0.3, 0.4) is 0 Å². The summed E-state index contributed by atoms with van der Waals surface area (Å²) in [6, 6.07) is 0.131. The number of carbonyl (C=O) groups excluding carboxylic acids is 1. The van der Waals surface area contributed by atoms with Gasteiger partial charge in [0.25, 0.3) is 0 Å². The molecule has 2 aliphatic heterocycles. The van der Waals surface area contributed by atoms with Crippen LogP contribution in [0, 0.1) is 0 Å². The zero-order valence-electron chi connectivity index (χ0n) is 6.19. The summed E-state index contributed by atoms with van der Waals surface area (Å²) in [5, 5.41) is 9.25. The van der Waals surface area contributed by atoms with E-state index < -0.39 is 0 Å². The van der Waals surface area contributed by atoms with Crippen LogP contribution in [0.25, 0.3) is 0 Å². The molecule has 2 rings (SSSR count). The smallest absolute Gasteiger partial charge is 0.410 e. The van der Waals surface area contributed by atoms with Crippen molar-refractivity contribution in [2.24, 2.45) is 0 Å².